The van der Waals surface area contributed by atoms with E-state index in [1.54, 1.807) is 31.2 Å². The average molecular weight is 491 g/mol. The van der Waals surface area contributed by atoms with Gasteiger partial charge in [-0.1, -0.05) is 43.1 Å². The molecule has 1 unspecified atom stereocenters. The van der Waals surface area contributed by atoms with Crippen molar-refractivity contribution in [1.82, 2.24) is 10.6 Å². The van der Waals surface area contributed by atoms with Crippen molar-refractivity contribution in [3.63, 3.8) is 0 Å². The lowest BCUT2D eigenvalue weighted by Gasteiger charge is -2.30. The Morgan fingerprint density at radius 2 is 1.94 bits per heavy atom. The molecule has 2 amide bonds. The molecule has 0 spiro atoms. The zero-order valence-electron chi connectivity index (χ0n) is 19.4. The van der Waals surface area contributed by atoms with Crippen LogP contribution in [-0.4, -0.2) is 25.7 Å². The van der Waals surface area contributed by atoms with Crippen LogP contribution in [0.4, 0.5) is 9.18 Å². The van der Waals surface area contributed by atoms with Crippen molar-refractivity contribution in [3.05, 3.63) is 69.6 Å². The third-order valence-corrected chi connectivity index (χ3v) is 5.75. The van der Waals surface area contributed by atoms with Crippen LogP contribution in [0.5, 0.6) is 11.5 Å². The zero-order chi connectivity index (χ0) is 24.7. The molecule has 0 bridgehead atoms. The number of ether oxygens (including phenoxy) is 3. The third kappa shape index (κ3) is 5.62. The molecule has 0 saturated heterocycles. The van der Waals surface area contributed by atoms with E-state index in [9.17, 15) is 14.0 Å². The second-order valence-corrected chi connectivity index (χ2v) is 8.02. The monoisotopic (exact) mass is 490 g/mol. The maximum atomic E-state index is 14.3. The number of carbonyl (C=O) groups excluding carboxylic acids is 2. The Balaban J connectivity index is 2.08. The van der Waals surface area contributed by atoms with Gasteiger partial charge in [-0.3, -0.25) is 0 Å². The SMILES string of the molecule is CCCCC1=C(C(=O)OCC)C(c2cccc(OC)c2OCc2c(F)cccc2Cl)NC(=O)N1. The predicted molar refractivity (Wildman–Crippen MR) is 126 cm³/mol. The van der Waals surface area contributed by atoms with Crippen LogP contribution in [0.2, 0.25) is 5.02 Å². The molecule has 7 nitrogen and oxygen atoms in total. The molecule has 2 N–H and O–H groups in total. The number of methoxy groups -OCH3 is 1. The largest absolute Gasteiger partial charge is 0.493 e. The molecule has 0 fully saturated rings. The van der Waals surface area contributed by atoms with Crippen LogP contribution in [0.15, 0.2) is 47.7 Å². The van der Waals surface area contributed by atoms with E-state index >= 15 is 0 Å². The summed E-state index contributed by atoms with van der Waals surface area (Å²) in [4.78, 5) is 25.5. The number of urea groups is 1. The van der Waals surface area contributed by atoms with E-state index in [1.165, 1.54) is 19.2 Å². The van der Waals surface area contributed by atoms with Gasteiger partial charge in [-0.25, -0.2) is 14.0 Å². The summed E-state index contributed by atoms with van der Waals surface area (Å²) < 4.78 is 31.1. The second kappa shape index (κ2) is 11.7. The van der Waals surface area contributed by atoms with Gasteiger partial charge in [0.15, 0.2) is 11.5 Å². The van der Waals surface area contributed by atoms with Crippen molar-refractivity contribution >= 4 is 23.6 Å². The molecular weight excluding hydrogens is 463 g/mol. The maximum Gasteiger partial charge on any atom is 0.338 e. The maximum absolute atomic E-state index is 14.3. The number of para-hydroxylation sites is 1. The van der Waals surface area contributed by atoms with Gasteiger partial charge in [-0.15, -0.1) is 0 Å². The number of hydrogen-bond donors (Lipinski definition) is 2. The summed E-state index contributed by atoms with van der Waals surface area (Å²) in [7, 11) is 1.47. The van der Waals surface area contributed by atoms with Crippen molar-refractivity contribution in [3.8, 4) is 11.5 Å². The van der Waals surface area contributed by atoms with E-state index in [-0.39, 0.29) is 35.1 Å². The van der Waals surface area contributed by atoms with E-state index in [0.29, 0.717) is 23.4 Å². The lowest BCUT2D eigenvalue weighted by molar-refractivity contribution is -0.139. The molecule has 0 radical (unpaired) electrons. The number of nitrogens with one attached hydrogen (secondary N) is 2. The molecule has 1 aliphatic heterocycles. The van der Waals surface area contributed by atoms with Crippen molar-refractivity contribution < 1.29 is 28.2 Å². The number of benzene rings is 2. The molecule has 182 valence electrons. The van der Waals surface area contributed by atoms with Gasteiger partial charge in [0.25, 0.3) is 0 Å². The first-order valence-corrected chi connectivity index (χ1v) is 11.5. The first kappa shape index (κ1) is 25.4. The number of rotatable bonds is 10. The summed E-state index contributed by atoms with van der Waals surface area (Å²) in [6, 6.07) is 8.18. The molecule has 1 aliphatic rings. The third-order valence-electron chi connectivity index (χ3n) is 5.39. The molecule has 1 atom stereocenters. The molecule has 2 aromatic carbocycles. The summed E-state index contributed by atoms with van der Waals surface area (Å²) in [6.45, 7) is 3.73. The topological polar surface area (TPSA) is 85.9 Å². The van der Waals surface area contributed by atoms with E-state index < -0.39 is 23.9 Å². The molecule has 1 heterocycles. The zero-order valence-corrected chi connectivity index (χ0v) is 20.1. The molecule has 3 rings (SSSR count). The van der Waals surface area contributed by atoms with Gasteiger partial charge in [0, 0.05) is 16.8 Å². The van der Waals surface area contributed by atoms with Gasteiger partial charge in [0.05, 0.1) is 30.4 Å². The van der Waals surface area contributed by atoms with Crippen LogP contribution in [0.25, 0.3) is 0 Å². The first-order chi connectivity index (χ1) is 16.4. The number of halogens is 2. The molecule has 0 aliphatic carbocycles. The summed E-state index contributed by atoms with van der Waals surface area (Å²) >= 11 is 6.16. The summed E-state index contributed by atoms with van der Waals surface area (Å²) in [5.74, 6) is -0.436. The molecule has 34 heavy (non-hydrogen) atoms. The van der Waals surface area contributed by atoms with Gasteiger partial charge in [0.2, 0.25) is 0 Å². The molecule has 0 saturated carbocycles. The summed E-state index contributed by atoms with van der Waals surface area (Å²) in [5, 5.41) is 5.77. The van der Waals surface area contributed by atoms with Crippen LogP contribution in [-0.2, 0) is 16.1 Å². The quantitative estimate of drug-likeness (QED) is 0.434. The van der Waals surface area contributed by atoms with Crippen molar-refractivity contribution in [2.45, 2.75) is 45.8 Å². The molecular formula is C25H28ClFN2O5. The minimum absolute atomic E-state index is 0.178. The lowest BCUT2D eigenvalue weighted by Crippen LogP contribution is -2.46. The number of hydrogen-bond acceptors (Lipinski definition) is 5. The second-order valence-electron chi connectivity index (χ2n) is 7.62. The van der Waals surface area contributed by atoms with E-state index in [0.717, 1.165) is 12.8 Å². The van der Waals surface area contributed by atoms with Crippen LogP contribution >= 0.6 is 11.6 Å². The van der Waals surface area contributed by atoms with Crippen LogP contribution in [0.3, 0.4) is 0 Å². The van der Waals surface area contributed by atoms with Gasteiger partial charge in [0.1, 0.15) is 12.4 Å². The smallest absolute Gasteiger partial charge is 0.338 e. The normalized spacial score (nSPS) is 15.4. The average Bonchev–Trinajstić information content (AvgIpc) is 2.82. The fraction of sp³-hybridized carbons (Fsp3) is 0.360. The molecule has 9 heteroatoms. The van der Waals surface area contributed by atoms with Crippen molar-refractivity contribution in [1.29, 1.82) is 0 Å². The van der Waals surface area contributed by atoms with Crippen molar-refractivity contribution in [2.24, 2.45) is 0 Å². The van der Waals surface area contributed by atoms with Crippen LogP contribution < -0.4 is 20.1 Å². The Kier molecular flexibility index (Phi) is 8.76. The van der Waals surface area contributed by atoms with Crippen LogP contribution in [0.1, 0.15) is 50.3 Å². The summed E-state index contributed by atoms with van der Waals surface area (Å²) in [5.41, 5.74) is 1.44. The molecule has 0 aromatic heterocycles. The van der Waals surface area contributed by atoms with Gasteiger partial charge in [-0.2, -0.15) is 0 Å². The minimum Gasteiger partial charge on any atom is -0.493 e. The van der Waals surface area contributed by atoms with E-state index in [2.05, 4.69) is 10.6 Å². The van der Waals surface area contributed by atoms with Gasteiger partial charge in [-0.05, 0) is 38.0 Å². The van der Waals surface area contributed by atoms with Gasteiger partial charge < -0.3 is 24.8 Å². The molecule has 2 aromatic rings. The highest BCUT2D eigenvalue weighted by atomic mass is 35.5. The Hall–Kier alpha value is -3.26. The predicted octanol–water partition coefficient (Wildman–Crippen LogP) is 5.43. The van der Waals surface area contributed by atoms with E-state index in [1.807, 2.05) is 6.92 Å². The highest BCUT2D eigenvalue weighted by Gasteiger charge is 2.36. The Morgan fingerprint density at radius 1 is 1.18 bits per heavy atom. The number of amides is 2. The van der Waals surface area contributed by atoms with Crippen LogP contribution in [0, 0.1) is 5.82 Å². The highest BCUT2D eigenvalue weighted by Crippen LogP contribution is 2.40. The first-order valence-electron chi connectivity index (χ1n) is 11.1. The highest BCUT2D eigenvalue weighted by molar-refractivity contribution is 6.31. The number of unbranched alkanes of at least 4 members (excludes halogenated alkanes) is 1. The Labute approximate surface area is 203 Å². The standard InChI is InChI=1S/C25H28ClFN2O5/c1-4-6-12-19-21(24(30)33-5-2)22(29-25(31)28-19)15-9-7-13-20(32-3)23(15)34-14-16-17(26)10-8-11-18(16)27/h7-11,13,22H,4-6,12,14H2,1-3H3,(H2,28,29,31). The van der Waals surface area contributed by atoms with Crippen molar-refractivity contribution in [2.75, 3.05) is 13.7 Å². The minimum atomic E-state index is -0.860. The fourth-order valence-electron chi connectivity index (χ4n) is 3.74. The van der Waals surface area contributed by atoms with Gasteiger partial charge >= 0.3 is 12.0 Å². The summed E-state index contributed by atoms with van der Waals surface area (Å²) in [6.07, 6.45) is 2.16. The van der Waals surface area contributed by atoms with E-state index in [4.69, 9.17) is 25.8 Å². The number of allylic oxidation sites excluding steroid dienone is 1. The Bertz CT molecular complexity index is 1070. The lowest BCUT2D eigenvalue weighted by atomic mass is 9.92. The fourth-order valence-corrected chi connectivity index (χ4v) is 3.96. The number of esters is 1. The number of carbonyl (C=O) groups is 2. The Morgan fingerprint density at radius 3 is 2.62 bits per heavy atom.